The van der Waals surface area contributed by atoms with Crippen molar-refractivity contribution in [1.82, 2.24) is 24.8 Å². The van der Waals surface area contributed by atoms with E-state index in [1.54, 1.807) is 0 Å². The van der Waals surface area contributed by atoms with Crippen LogP contribution in [-0.2, 0) is 20.0 Å². The molecule has 3 heterocycles. The highest BCUT2D eigenvalue weighted by atomic mass is 16.5. The normalized spacial score (nSPS) is 13.3. The number of carbonyl (C=O) groups excluding carboxylic acids is 1. The molecule has 7 heteroatoms. The topological polar surface area (TPSA) is 77.1 Å². The fraction of sp³-hybridized carbons (Fsp3) is 0.217. The van der Waals surface area contributed by atoms with E-state index in [1.807, 2.05) is 78.2 Å². The molecule has 1 aliphatic heterocycles. The van der Waals surface area contributed by atoms with Crippen molar-refractivity contribution in [3.05, 3.63) is 77.0 Å². The molecule has 1 aliphatic rings. The molecule has 7 nitrogen and oxygen atoms in total. The predicted molar refractivity (Wildman–Crippen MR) is 112 cm³/mol. The lowest BCUT2D eigenvalue weighted by molar-refractivity contribution is 0.0733. The fourth-order valence-corrected chi connectivity index (χ4v) is 3.84. The van der Waals surface area contributed by atoms with E-state index in [0.717, 1.165) is 28.8 Å². The van der Waals surface area contributed by atoms with Gasteiger partial charge in [-0.1, -0.05) is 53.2 Å². The zero-order chi connectivity index (χ0) is 20.7. The first-order valence-electron chi connectivity index (χ1n) is 9.90. The van der Waals surface area contributed by atoms with E-state index < -0.39 is 0 Å². The van der Waals surface area contributed by atoms with Crippen molar-refractivity contribution >= 4 is 5.91 Å². The number of nitrogens with zero attached hydrogens (tertiary/aromatic N) is 5. The smallest absolute Gasteiger partial charge is 0.279 e. The van der Waals surface area contributed by atoms with Gasteiger partial charge in [0.2, 0.25) is 5.82 Å². The van der Waals surface area contributed by atoms with E-state index in [4.69, 9.17) is 4.52 Å². The maximum Gasteiger partial charge on any atom is 0.279 e. The largest absolute Gasteiger partial charge is 0.334 e. The highest BCUT2D eigenvalue weighted by Gasteiger charge is 2.30. The molecule has 2 aromatic carbocycles. The third kappa shape index (κ3) is 3.18. The molecule has 4 aromatic rings. The quantitative estimate of drug-likeness (QED) is 0.526. The second kappa shape index (κ2) is 7.26. The van der Waals surface area contributed by atoms with Crippen LogP contribution in [0, 0.1) is 6.92 Å². The minimum atomic E-state index is 0.0194. The number of aryl methyl sites for hydroxylation is 2. The van der Waals surface area contributed by atoms with Crippen LogP contribution in [0.15, 0.2) is 59.1 Å². The summed E-state index contributed by atoms with van der Waals surface area (Å²) < 4.78 is 7.39. The van der Waals surface area contributed by atoms with Crippen molar-refractivity contribution in [1.29, 1.82) is 0 Å². The van der Waals surface area contributed by atoms with Gasteiger partial charge in [0.1, 0.15) is 0 Å². The van der Waals surface area contributed by atoms with Crippen molar-refractivity contribution in [2.45, 2.75) is 19.9 Å². The van der Waals surface area contributed by atoms with Gasteiger partial charge in [0.15, 0.2) is 5.69 Å². The van der Waals surface area contributed by atoms with Gasteiger partial charge in [-0.15, -0.1) is 0 Å². The number of benzene rings is 2. The standard InChI is InChI=1S/C23H21N5O2/c1-15-8-10-17(11-9-15)23(29)28-13-12-19-18(14-28)20(25-27(19)2)22-24-21(26-30-22)16-6-4-3-5-7-16/h3-11H,12-14H2,1-2H3. The first kappa shape index (κ1) is 18.3. The Kier molecular flexibility index (Phi) is 4.43. The van der Waals surface area contributed by atoms with Crippen LogP contribution < -0.4 is 0 Å². The maximum atomic E-state index is 13.0. The molecule has 0 saturated carbocycles. The number of hydrogen-bond acceptors (Lipinski definition) is 5. The van der Waals surface area contributed by atoms with Crippen molar-refractivity contribution < 1.29 is 9.32 Å². The number of rotatable bonds is 3. The van der Waals surface area contributed by atoms with Crippen LogP contribution in [0.2, 0.25) is 0 Å². The lowest BCUT2D eigenvalue weighted by Gasteiger charge is -2.27. The third-order valence-electron chi connectivity index (χ3n) is 5.49. The lowest BCUT2D eigenvalue weighted by Crippen LogP contribution is -2.36. The molecule has 30 heavy (non-hydrogen) atoms. The van der Waals surface area contributed by atoms with E-state index in [1.165, 1.54) is 0 Å². The minimum Gasteiger partial charge on any atom is -0.334 e. The van der Waals surface area contributed by atoms with E-state index in [-0.39, 0.29) is 5.91 Å². The summed E-state index contributed by atoms with van der Waals surface area (Å²) in [5.41, 5.74) is 5.41. The molecule has 0 atom stereocenters. The van der Waals surface area contributed by atoms with Gasteiger partial charge in [-0.25, -0.2) is 0 Å². The Hall–Kier alpha value is -3.74. The zero-order valence-corrected chi connectivity index (χ0v) is 16.9. The minimum absolute atomic E-state index is 0.0194. The first-order valence-corrected chi connectivity index (χ1v) is 9.90. The molecule has 0 fully saturated rings. The molecule has 0 bridgehead atoms. The predicted octanol–water partition coefficient (Wildman–Crippen LogP) is 3.64. The molecule has 0 aliphatic carbocycles. The van der Waals surface area contributed by atoms with E-state index >= 15 is 0 Å². The molecule has 0 N–H and O–H groups in total. The van der Waals surface area contributed by atoms with Gasteiger partial charge >= 0.3 is 0 Å². The first-order chi connectivity index (χ1) is 14.6. The molecule has 0 unspecified atom stereocenters. The number of aromatic nitrogens is 4. The summed E-state index contributed by atoms with van der Waals surface area (Å²) >= 11 is 0. The average Bonchev–Trinajstić information content (AvgIpc) is 3.39. The molecular weight excluding hydrogens is 378 g/mol. The number of hydrogen-bond donors (Lipinski definition) is 0. The summed E-state index contributed by atoms with van der Waals surface area (Å²) in [5, 5.41) is 8.75. The van der Waals surface area contributed by atoms with Crippen LogP contribution >= 0.6 is 0 Å². The third-order valence-corrected chi connectivity index (χ3v) is 5.49. The lowest BCUT2D eigenvalue weighted by atomic mass is 10.0. The Morgan fingerprint density at radius 3 is 2.60 bits per heavy atom. The molecule has 5 rings (SSSR count). The Labute approximate surface area is 174 Å². The van der Waals surface area contributed by atoms with Gasteiger partial charge in [-0.2, -0.15) is 10.1 Å². The van der Waals surface area contributed by atoms with Gasteiger partial charge in [0, 0.05) is 42.4 Å². The molecule has 0 saturated heterocycles. The summed E-state index contributed by atoms with van der Waals surface area (Å²) in [6, 6.07) is 17.4. The second-order valence-corrected chi connectivity index (χ2v) is 7.53. The van der Waals surface area contributed by atoms with Gasteiger partial charge in [0.25, 0.3) is 11.8 Å². The molecule has 0 radical (unpaired) electrons. The Morgan fingerprint density at radius 2 is 1.83 bits per heavy atom. The van der Waals surface area contributed by atoms with Gasteiger partial charge in [-0.05, 0) is 19.1 Å². The van der Waals surface area contributed by atoms with E-state index in [2.05, 4.69) is 15.2 Å². The summed E-state index contributed by atoms with van der Waals surface area (Å²) in [5.74, 6) is 0.912. The van der Waals surface area contributed by atoms with Gasteiger partial charge < -0.3 is 9.42 Å². The molecular formula is C23H21N5O2. The van der Waals surface area contributed by atoms with Crippen LogP contribution in [0.25, 0.3) is 23.0 Å². The van der Waals surface area contributed by atoms with Crippen LogP contribution in [0.3, 0.4) is 0 Å². The zero-order valence-electron chi connectivity index (χ0n) is 16.9. The van der Waals surface area contributed by atoms with Gasteiger partial charge in [-0.3, -0.25) is 9.48 Å². The van der Waals surface area contributed by atoms with Gasteiger partial charge in [0.05, 0.1) is 6.54 Å². The Bertz CT molecular complexity index is 1210. The highest BCUT2D eigenvalue weighted by Crippen LogP contribution is 2.30. The molecule has 1 amide bonds. The maximum absolute atomic E-state index is 13.0. The van der Waals surface area contributed by atoms with Crippen molar-refractivity contribution in [2.24, 2.45) is 7.05 Å². The molecule has 0 spiro atoms. The number of fused-ring (bicyclic) bond motifs is 1. The second-order valence-electron chi connectivity index (χ2n) is 7.53. The van der Waals surface area contributed by atoms with E-state index in [0.29, 0.717) is 36.1 Å². The number of amides is 1. The summed E-state index contributed by atoms with van der Waals surface area (Å²) in [4.78, 5) is 19.4. The van der Waals surface area contributed by atoms with E-state index in [9.17, 15) is 4.79 Å². The van der Waals surface area contributed by atoms with Crippen molar-refractivity contribution in [3.8, 4) is 23.0 Å². The Morgan fingerprint density at radius 1 is 1.07 bits per heavy atom. The Balaban J connectivity index is 1.46. The average molecular weight is 399 g/mol. The van der Waals surface area contributed by atoms with Crippen LogP contribution in [0.1, 0.15) is 27.2 Å². The molecule has 2 aromatic heterocycles. The van der Waals surface area contributed by atoms with Crippen molar-refractivity contribution in [2.75, 3.05) is 6.54 Å². The fourth-order valence-electron chi connectivity index (χ4n) is 3.84. The molecule has 150 valence electrons. The van der Waals surface area contributed by atoms with Crippen molar-refractivity contribution in [3.63, 3.8) is 0 Å². The summed E-state index contributed by atoms with van der Waals surface area (Å²) in [7, 11) is 1.91. The van der Waals surface area contributed by atoms with Crippen LogP contribution in [0.5, 0.6) is 0 Å². The van der Waals surface area contributed by atoms with Crippen LogP contribution in [-0.4, -0.2) is 37.3 Å². The SMILES string of the molecule is Cc1ccc(C(=O)N2CCc3c(c(-c4nc(-c5ccccc5)no4)nn3C)C2)cc1. The summed E-state index contributed by atoms with van der Waals surface area (Å²) in [6.45, 7) is 3.13. The van der Waals surface area contributed by atoms with Crippen LogP contribution in [0.4, 0.5) is 0 Å². The summed E-state index contributed by atoms with van der Waals surface area (Å²) in [6.07, 6.45) is 0.732. The number of carbonyl (C=O) groups is 1. The highest BCUT2D eigenvalue weighted by molar-refractivity contribution is 5.94. The monoisotopic (exact) mass is 399 g/mol.